The van der Waals surface area contributed by atoms with Gasteiger partial charge in [0.15, 0.2) is 0 Å². The number of rotatable bonds is 7. The number of likely N-dealkylation sites (N-methyl/N-ethyl adjacent to an activating group) is 1. The summed E-state index contributed by atoms with van der Waals surface area (Å²) in [6, 6.07) is 14.4. The lowest BCUT2D eigenvalue weighted by Gasteiger charge is -2.34. The second-order valence-corrected chi connectivity index (χ2v) is 7.80. The van der Waals surface area contributed by atoms with E-state index in [1.807, 2.05) is 30.1 Å². The molecule has 1 heterocycles. The van der Waals surface area contributed by atoms with Gasteiger partial charge < -0.3 is 15.0 Å². The maximum atomic E-state index is 12.4. The highest BCUT2D eigenvalue weighted by molar-refractivity contribution is 5.95. The number of carbonyl (C=O) groups is 1. The van der Waals surface area contributed by atoms with E-state index in [0.29, 0.717) is 19.0 Å². The number of anilines is 1. The zero-order valence-electron chi connectivity index (χ0n) is 16.6. The lowest BCUT2D eigenvalue weighted by molar-refractivity contribution is -0.121. The molecule has 5 nitrogen and oxygen atoms in total. The smallest absolute Gasteiger partial charge is 0.239 e. The molecular weight excluding hydrogens is 338 g/mol. The average molecular weight is 370 g/mol. The average Bonchev–Trinajstić information content (AvgIpc) is 2.65. The molecule has 3 rings (SSSR count). The summed E-state index contributed by atoms with van der Waals surface area (Å²) < 4.78 is 5.82. The highest BCUT2D eigenvalue weighted by Crippen LogP contribution is 2.25. The number of amides is 1. The summed E-state index contributed by atoms with van der Waals surface area (Å²) >= 11 is 0. The highest BCUT2D eigenvalue weighted by atomic mass is 16.5. The molecule has 1 aliphatic rings. The van der Waals surface area contributed by atoms with Crippen LogP contribution in [0.25, 0.3) is 10.8 Å². The predicted molar refractivity (Wildman–Crippen MR) is 111 cm³/mol. The van der Waals surface area contributed by atoms with E-state index < -0.39 is 0 Å². The van der Waals surface area contributed by atoms with E-state index in [1.54, 1.807) is 0 Å². The van der Waals surface area contributed by atoms with Crippen molar-refractivity contribution in [1.29, 1.82) is 0 Å². The summed E-state index contributed by atoms with van der Waals surface area (Å²) in [6.07, 6.45) is 0.0734. The van der Waals surface area contributed by atoms with Crippen LogP contribution < -0.4 is 10.2 Å². The maximum Gasteiger partial charge on any atom is 0.239 e. The molecule has 1 saturated heterocycles. The SMILES string of the molecule is CC(C)CN1CCOC(CNC(=O)CN(C)c2cccc3ccccc23)C1. The number of morpholine rings is 1. The molecule has 0 radical (unpaired) electrons. The molecule has 0 saturated carbocycles. The molecule has 2 aromatic carbocycles. The molecule has 146 valence electrons. The minimum absolute atomic E-state index is 0.0232. The Hall–Kier alpha value is -2.11. The fraction of sp³-hybridized carbons (Fsp3) is 0.500. The van der Waals surface area contributed by atoms with Gasteiger partial charge in [0, 0.05) is 44.3 Å². The summed E-state index contributed by atoms with van der Waals surface area (Å²) in [6.45, 7) is 9.04. The topological polar surface area (TPSA) is 44.8 Å². The van der Waals surface area contributed by atoms with Crippen LogP contribution in [0.5, 0.6) is 0 Å². The van der Waals surface area contributed by atoms with Crippen LogP contribution >= 0.6 is 0 Å². The Morgan fingerprint density at radius 1 is 1.26 bits per heavy atom. The van der Waals surface area contributed by atoms with Crippen molar-refractivity contribution in [2.75, 3.05) is 51.3 Å². The maximum absolute atomic E-state index is 12.4. The monoisotopic (exact) mass is 369 g/mol. The molecule has 1 amide bonds. The van der Waals surface area contributed by atoms with Gasteiger partial charge in [-0.3, -0.25) is 9.69 Å². The molecule has 0 bridgehead atoms. The first-order valence-electron chi connectivity index (χ1n) is 9.82. The van der Waals surface area contributed by atoms with E-state index in [2.05, 4.69) is 48.3 Å². The van der Waals surface area contributed by atoms with Crippen LogP contribution in [-0.2, 0) is 9.53 Å². The van der Waals surface area contributed by atoms with Crippen molar-refractivity contribution in [1.82, 2.24) is 10.2 Å². The third kappa shape index (κ3) is 5.44. The molecule has 2 aromatic rings. The number of ether oxygens (including phenoxy) is 1. The van der Waals surface area contributed by atoms with Crippen LogP contribution in [0.15, 0.2) is 42.5 Å². The van der Waals surface area contributed by atoms with Gasteiger partial charge in [-0.25, -0.2) is 0 Å². The molecule has 0 aromatic heterocycles. The first kappa shape index (κ1) is 19.6. The standard InChI is InChI=1S/C22H31N3O2/c1-17(2)14-25-11-12-27-19(15-25)13-23-22(26)16-24(3)21-10-6-8-18-7-4-5-9-20(18)21/h4-10,17,19H,11-16H2,1-3H3,(H,23,26). The number of carbonyl (C=O) groups excluding carboxylic acids is 1. The third-order valence-corrected chi connectivity index (χ3v) is 4.93. The molecule has 0 aliphatic carbocycles. The van der Waals surface area contributed by atoms with E-state index in [1.165, 1.54) is 5.39 Å². The lowest BCUT2D eigenvalue weighted by atomic mass is 10.1. The highest BCUT2D eigenvalue weighted by Gasteiger charge is 2.21. The number of hydrogen-bond acceptors (Lipinski definition) is 4. The second kappa shape index (κ2) is 9.20. The number of hydrogen-bond donors (Lipinski definition) is 1. The molecule has 1 atom stereocenters. The summed E-state index contributed by atoms with van der Waals surface area (Å²) in [5.74, 6) is 0.669. The van der Waals surface area contributed by atoms with Gasteiger partial charge in [0.05, 0.1) is 19.3 Å². The zero-order chi connectivity index (χ0) is 19.2. The summed E-state index contributed by atoms with van der Waals surface area (Å²) in [4.78, 5) is 16.9. The third-order valence-electron chi connectivity index (χ3n) is 4.93. The summed E-state index contributed by atoms with van der Waals surface area (Å²) in [7, 11) is 1.96. The van der Waals surface area contributed by atoms with Gasteiger partial charge >= 0.3 is 0 Å². The van der Waals surface area contributed by atoms with E-state index in [0.717, 1.165) is 37.3 Å². The Kier molecular flexibility index (Phi) is 6.69. The summed E-state index contributed by atoms with van der Waals surface area (Å²) in [5, 5.41) is 5.39. The minimum atomic E-state index is 0.0232. The molecule has 5 heteroatoms. The Bertz CT molecular complexity index is 757. The largest absolute Gasteiger partial charge is 0.374 e. The van der Waals surface area contributed by atoms with Crippen LogP contribution in [0.4, 0.5) is 5.69 Å². The Labute approximate surface area is 162 Å². The van der Waals surface area contributed by atoms with Crippen LogP contribution in [0.3, 0.4) is 0 Å². The lowest BCUT2D eigenvalue weighted by Crippen LogP contribution is -2.49. The van der Waals surface area contributed by atoms with Crippen molar-refractivity contribution in [3.63, 3.8) is 0 Å². The number of benzene rings is 2. The normalized spacial score (nSPS) is 18.0. The van der Waals surface area contributed by atoms with Gasteiger partial charge in [0.2, 0.25) is 5.91 Å². The van der Waals surface area contributed by atoms with Gasteiger partial charge in [-0.05, 0) is 17.4 Å². The first-order chi connectivity index (χ1) is 13.0. The van der Waals surface area contributed by atoms with Crippen LogP contribution in [0.1, 0.15) is 13.8 Å². The van der Waals surface area contributed by atoms with E-state index in [9.17, 15) is 4.79 Å². The van der Waals surface area contributed by atoms with Crippen LogP contribution in [0.2, 0.25) is 0 Å². The van der Waals surface area contributed by atoms with Gasteiger partial charge in [0.1, 0.15) is 0 Å². The number of nitrogens with one attached hydrogen (secondary N) is 1. The molecule has 0 spiro atoms. The number of fused-ring (bicyclic) bond motifs is 1. The molecule has 1 unspecified atom stereocenters. The van der Waals surface area contributed by atoms with Crippen molar-refractivity contribution in [2.24, 2.45) is 5.92 Å². The second-order valence-electron chi connectivity index (χ2n) is 7.80. The quantitative estimate of drug-likeness (QED) is 0.815. The van der Waals surface area contributed by atoms with Crippen LogP contribution in [-0.4, -0.2) is 63.3 Å². The molecule has 1 N–H and O–H groups in total. The first-order valence-corrected chi connectivity index (χ1v) is 9.82. The predicted octanol–water partition coefficient (Wildman–Crippen LogP) is 2.75. The fourth-order valence-electron chi connectivity index (χ4n) is 3.71. The molecule has 27 heavy (non-hydrogen) atoms. The van der Waals surface area contributed by atoms with E-state index in [-0.39, 0.29) is 12.0 Å². The summed E-state index contributed by atoms with van der Waals surface area (Å²) in [5.41, 5.74) is 1.07. The Morgan fingerprint density at radius 2 is 2.04 bits per heavy atom. The molecule has 1 fully saturated rings. The number of nitrogens with zero attached hydrogens (tertiary/aromatic N) is 2. The van der Waals surface area contributed by atoms with Crippen molar-refractivity contribution < 1.29 is 9.53 Å². The molecule has 1 aliphatic heterocycles. The Balaban J connectivity index is 1.51. The fourth-order valence-corrected chi connectivity index (χ4v) is 3.71. The van der Waals surface area contributed by atoms with Crippen molar-refractivity contribution in [3.8, 4) is 0 Å². The van der Waals surface area contributed by atoms with Crippen molar-refractivity contribution in [2.45, 2.75) is 20.0 Å². The Morgan fingerprint density at radius 3 is 2.85 bits per heavy atom. The van der Waals surface area contributed by atoms with Gasteiger partial charge in [-0.15, -0.1) is 0 Å². The van der Waals surface area contributed by atoms with Gasteiger partial charge in [-0.1, -0.05) is 50.2 Å². The van der Waals surface area contributed by atoms with Gasteiger partial charge in [-0.2, -0.15) is 0 Å². The minimum Gasteiger partial charge on any atom is -0.374 e. The van der Waals surface area contributed by atoms with Crippen LogP contribution in [0, 0.1) is 5.92 Å². The van der Waals surface area contributed by atoms with Crippen molar-refractivity contribution >= 4 is 22.4 Å². The molecular formula is C22H31N3O2. The van der Waals surface area contributed by atoms with Crippen molar-refractivity contribution in [3.05, 3.63) is 42.5 Å². The van der Waals surface area contributed by atoms with Gasteiger partial charge in [0.25, 0.3) is 0 Å². The van der Waals surface area contributed by atoms with E-state index >= 15 is 0 Å². The zero-order valence-corrected chi connectivity index (χ0v) is 16.6. The van der Waals surface area contributed by atoms with E-state index in [4.69, 9.17) is 4.74 Å².